The van der Waals surface area contributed by atoms with E-state index in [4.69, 9.17) is 0 Å². The Labute approximate surface area is 117 Å². The van der Waals surface area contributed by atoms with Gasteiger partial charge in [-0.2, -0.15) is 0 Å². The van der Waals surface area contributed by atoms with E-state index in [-0.39, 0.29) is 0 Å². The number of nitrogens with one attached hydrogen (secondary N) is 1. The number of hydrogen-bond donors (Lipinski definition) is 2. The van der Waals surface area contributed by atoms with Gasteiger partial charge in [0.25, 0.3) is 0 Å². The van der Waals surface area contributed by atoms with Gasteiger partial charge in [0.1, 0.15) is 5.54 Å². The van der Waals surface area contributed by atoms with Gasteiger partial charge in [-0.15, -0.1) is 0 Å². The molecule has 2 unspecified atom stereocenters. The summed E-state index contributed by atoms with van der Waals surface area (Å²) in [4.78, 5) is 16.0. The first-order chi connectivity index (χ1) is 8.91. The molecule has 19 heavy (non-hydrogen) atoms. The number of carboxylic acid groups (broad SMARTS) is 1. The van der Waals surface area contributed by atoms with Gasteiger partial charge in [-0.3, -0.25) is 4.79 Å². The van der Waals surface area contributed by atoms with Crippen molar-refractivity contribution in [3.63, 3.8) is 0 Å². The van der Waals surface area contributed by atoms with Crippen LogP contribution in [0.5, 0.6) is 0 Å². The number of likely N-dealkylation sites (N-methyl/N-ethyl adjacent to an activating group) is 1. The van der Waals surface area contributed by atoms with E-state index in [0.29, 0.717) is 12.5 Å². The Kier molecular flexibility index (Phi) is 6.23. The lowest BCUT2D eigenvalue weighted by Gasteiger charge is -2.41. The zero-order chi connectivity index (χ0) is 14.5. The maximum absolute atomic E-state index is 11.5. The van der Waals surface area contributed by atoms with Crippen LogP contribution in [-0.4, -0.2) is 73.7 Å². The first kappa shape index (κ1) is 16.4. The van der Waals surface area contributed by atoms with Crippen molar-refractivity contribution in [1.29, 1.82) is 0 Å². The normalized spacial score (nSPS) is 28.0. The van der Waals surface area contributed by atoms with Crippen LogP contribution >= 0.6 is 0 Å². The van der Waals surface area contributed by atoms with Crippen molar-refractivity contribution < 1.29 is 9.90 Å². The van der Waals surface area contributed by atoms with E-state index in [9.17, 15) is 9.90 Å². The zero-order valence-corrected chi connectivity index (χ0v) is 12.8. The molecular weight excluding hydrogens is 242 g/mol. The van der Waals surface area contributed by atoms with Crippen molar-refractivity contribution in [3.05, 3.63) is 0 Å². The van der Waals surface area contributed by atoms with Gasteiger partial charge in [-0.25, -0.2) is 0 Å². The van der Waals surface area contributed by atoms with E-state index >= 15 is 0 Å². The molecule has 0 heterocycles. The van der Waals surface area contributed by atoms with Gasteiger partial charge in [0.15, 0.2) is 0 Å². The molecule has 0 spiro atoms. The van der Waals surface area contributed by atoms with Crippen molar-refractivity contribution in [2.45, 2.75) is 43.7 Å². The SMILES string of the molecule is CNC1(C(=O)O)CCCC(N(C)CCCN(C)C)C1. The second-order valence-corrected chi connectivity index (χ2v) is 6.02. The molecule has 1 aliphatic rings. The molecule has 2 N–H and O–H groups in total. The third kappa shape index (κ3) is 4.44. The van der Waals surface area contributed by atoms with Crippen molar-refractivity contribution in [2.75, 3.05) is 41.3 Å². The predicted molar refractivity (Wildman–Crippen MR) is 77.5 cm³/mol. The van der Waals surface area contributed by atoms with Crippen LogP contribution in [-0.2, 0) is 4.79 Å². The van der Waals surface area contributed by atoms with Crippen molar-refractivity contribution in [1.82, 2.24) is 15.1 Å². The van der Waals surface area contributed by atoms with E-state index in [0.717, 1.165) is 38.8 Å². The lowest BCUT2D eigenvalue weighted by molar-refractivity contribution is -0.147. The molecule has 2 atom stereocenters. The number of aliphatic carboxylic acids is 1. The van der Waals surface area contributed by atoms with E-state index in [1.807, 2.05) is 0 Å². The van der Waals surface area contributed by atoms with Crippen LogP contribution in [0.1, 0.15) is 32.1 Å². The molecule has 0 radical (unpaired) electrons. The summed E-state index contributed by atoms with van der Waals surface area (Å²) in [5.41, 5.74) is -0.723. The van der Waals surface area contributed by atoms with Gasteiger partial charge < -0.3 is 20.2 Å². The van der Waals surface area contributed by atoms with E-state index < -0.39 is 11.5 Å². The number of hydrogen-bond acceptors (Lipinski definition) is 4. The van der Waals surface area contributed by atoms with Gasteiger partial charge in [-0.05, 0) is 73.4 Å². The molecule has 0 amide bonds. The van der Waals surface area contributed by atoms with Crippen LogP contribution in [0.4, 0.5) is 0 Å². The lowest BCUT2D eigenvalue weighted by atomic mass is 9.78. The molecule has 0 aromatic rings. The topological polar surface area (TPSA) is 55.8 Å². The second-order valence-electron chi connectivity index (χ2n) is 6.02. The average Bonchev–Trinajstić information content (AvgIpc) is 2.38. The molecular formula is C14H29N3O2. The van der Waals surface area contributed by atoms with Gasteiger partial charge in [0.05, 0.1) is 0 Å². The van der Waals surface area contributed by atoms with Gasteiger partial charge in [-0.1, -0.05) is 0 Å². The van der Waals surface area contributed by atoms with E-state index in [1.165, 1.54) is 0 Å². The summed E-state index contributed by atoms with van der Waals surface area (Å²) in [5, 5.41) is 12.5. The van der Waals surface area contributed by atoms with Crippen LogP contribution in [0, 0.1) is 0 Å². The first-order valence-corrected chi connectivity index (χ1v) is 7.18. The highest BCUT2D eigenvalue weighted by atomic mass is 16.4. The fourth-order valence-electron chi connectivity index (χ4n) is 2.97. The smallest absolute Gasteiger partial charge is 0.323 e. The summed E-state index contributed by atoms with van der Waals surface area (Å²) in [5.74, 6) is -0.707. The molecule has 0 aromatic heterocycles. The first-order valence-electron chi connectivity index (χ1n) is 7.18. The monoisotopic (exact) mass is 271 g/mol. The summed E-state index contributed by atoms with van der Waals surface area (Å²) in [7, 11) is 8.05. The Morgan fingerprint density at radius 2 is 2.05 bits per heavy atom. The van der Waals surface area contributed by atoms with Crippen molar-refractivity contribution in [3.8, 4) is 0 Å². The third-order valence-electron chi connectivity index (χ3n) is 4.35. The molecule has 0 aromatic carbocycles. The minimum Gasteiger partial charge on any atom is -0.480 e. The van der Waals surface area contributed by atoms with Crippen LogP contribution in [0.25, 0.3) is 0 Å². The maximum Gasteiger partial charge on any atom is 0.323 e. The van der Waals surface area contributed by atoms with Crippen LogP contribution in [0.15, 0.2) is 0 Å². The average molecular weight is 271 g/mol. The van der Waals surface area contributed by atoms with Crippen molar-refractivity contribution >= 4 is 5.97 Å². The number of carboxylic acids is 1. The van der Waals surface area contributed by atoms with Crippen LogP contribution in [0.3, 0.4) is 0 Å². The Morgan fingerprint density at radius 3 is 2.58 bits per heavy atom. The number of carbonyl (C=O) groups is 1. The Balaban J connectivity index is 2.51. The predicted octanol–water partition coefficient (Wildman–Crippen LogP) is 0.855. The molecule has 0 aliphatic heterocycles. The third-order valence-corrected chi connectivity index (χ3v) is 4.35. The summed E-state index contributed by atoms with van der Waals surface area (Å²) in [6, 6.07) is 0.375. The summed E-state index contributed by atoms with van der Waals surface area (Å²) >= 11 is 0. The van der Waals surface area contributed by atoms with E-state index in [2.05, 4.69) is 36.3 Å². The lowest BCUT2D eigenvalue weighted by Crippen LogP contribution is -2.56. The highest BCUT2D eigenvalue weighted by Gasteiger charge is 2.42. The van der Waals surface area contributed by atoms with E-state index in [1.54, 1.807) is 7.05 Å². The highest BCUT2D eigenvalue weighted by Crippen LogP contribution is 2.31. The quantitative estimate of drug-likeness (QED) is 0.719. The Hall–Kier alpha value is -0.650. The molecule has 0 bridgehead atoms. The molecule has 5 nitrogen and oxygen atoms in total. The molecule has 1 rings (SSSR count). The number of rotatable bonds is 7. The van der Waals surface area contributed by atoms with Gasteiger partial charge in [0.2, 0.25) is 0 Å². The van der Waals surface area contributed by atoms with Gasteiger partial charge in [0, 0.05) is 6.04 Å². The summed E-state index contributed by atoms with van der Waals surface area (Å²) in [6.45, 7) is 2.11. The minimum absolute atomic E-state index is 0.375. The largest absolute Gasteiger partial charge is 0.480 e. The molecule has 1 aliphatic carbocycles. The second kappa shape index (κ2) is 7.22. The molecule has 1 saturated carbocycles. The standard InChI is InChI=1S/C14H29N3O2/c1-15-14(13(18)19)8-5-7-12(11-14)17(4)10-6-9-16(2)3/h12,15H,5-11H2,1-4H3,(H,18,19). The fraction of sp³-hybridized carbons (Fsp3) is 0.929. The van der Waals surface area contributed by atoms with Crippen LogP contribution < -0.4 is 5.32 Å². The van der Waals surface area contributed by atoms with Crippen LogP contribution in [0.2, 0.25) is 0 Å². The minimum atomic E-state index is -0.723. The zero-order valence-electron chi connectivity index (χ0n) is 12.8. The maximum atomic E-state index is 11.5. The van der Waals surface area contributed by atoms with Gasteiger partial charge >= 0.3 is 5.97 Å². The summed E-state index contributed by atoms with van der Waals surface area (Å²) < 4.78 is 0. The highest BCUT2D eigenvalue weighted by molar-refractivity contribution is 5.79. The van der Waals surface area contributed by atoms with Crippen molar-refractivity contribution in [2.24, 2.45) is 0 Å². The number of nitrogens with zero attached hydrogens (tertiary/aromatic N) is 2. The molecule has 5 heteroatoms. The summed E-state index contributed by atoms with van der Waals surface area (Å²) in [6.07, 6.45) is 4.66. The molecule has 1 fully saturated rings. The molecule has 0 saturated heterocycles. The Morgan fingerprint density at radius 1 is 1.37 bits per heavy atom. The fourth-order valence-corrected chi connectivity index (χ4v) is 2.97. The molecule has 112 valence electrons. The Bertz CT molecular complexity index is 296.